The zero-order chi connectivity index (χ0) is 18.1. The molecule has 4 rings (SSSR count). The minimum absolute atomic E-state index is 0.0164. The number of carbonyl (C=O) groups excluding carboxylic acids is 2. The van der Waals surface area contributed by atoms with E-state index in [1.54, 1.807) is 6.20 Å². The SMILES string of the molecule is O=C(c1nccs1)N1CCN(C2CC(=O)N(c3ccc(I)cc3)C2)CC1. The zero-order valence-electron chi connectivity index (χ0n) is 14.2. The predicted molar refractivity (Wildman–Crippen MR) is 110 cm³/mol. The van der Waals surface area contributed by atoms with Gasteiger partial charge in [0.25, 0.3) is 5.91 Å². The molecule has 1 aromatic carbocycles. The third-order valence-corrected chi connectivity index (χ3v) is 6.46. The first kappa shape index (κ1) is 17.9. The van der Waals surface area contributed by atoms with Crippen molar-refractivity contribution < 1.29 is 9.59 Å². The average molecular weight is 482 g/mol. The highest BCUT2D eigenvalue weighted by Gasteiger charge is 2.36. The van der Waals surface area contributed by atoms with Gasteiger partial charge in [0.15, 0.2) is 5.01 Å². The summed E-state index contributed by atoms with van der Waals surface area (Å²) in [5.74, 6) is 0.195. The molecule has 2 aliphatic rings. The molecule has 0 spiro atoms. The second-order valence-corrected chi connectivity index (χ2v) is 8.64. The van der Waals surface area contributed by atoms with Gasteiger partial charge in [-0.1, -0.05) is 0 Å². The van der Waals surface area contributed by atoms with Crippen LogP contribution in [0.25, 0.3) is 0 Å². The van der Waals surface area contributed by atoms with E-state index >= 15 is 0 Å². The van der Waals surface area contributed by atoms with Crippen molar-refractivity contribution in [1.82, 2.24) is 14.8 Å². The minimum Gasteiger partial charge on any atom is -0.334 e. The minimum atomic E-state index is 0.0164. The van der Waals surface area contributed by atoms with E-state index in [-0.39, 0.29) is 17.9 Å². The van der Waals surface area contributed by atoms with Gasteiger partial charge in [-0.3, -0.25) is 14.5 Å². The molecule has 2 amide bonds. The van der Waals surface area contributed by atoms with Crippen LogP contribution in [0.2, 0.25) is 0 Å². The highest BCUT2D eigenvalue weighted by atomic mass is 127. The van der Waals surface area contributed by atoms with Gasteiger partial charge in [0.1, 0.15) is 0 Å². The molecule has 1 aromatic heterocycles. The molecule has 8 heteroatoms. The maximum atomic E-state index is 12.5. The van der Waals surface area contributed by atoms with E-state index in [0.717, 1.165) is 28.9 Å². The van der Waals surface area contributed by atoms with E-state index < -0.39 is 0 Å². The van der Waals surface area contributed by atoms with Crippen LogP contribution in [0.15, 0.2) is 35.8 Å². The maximum absolute atomic E-state index is 12.5. The molecule has 136 valence electrons. The number of thiazole rings is 1. The van der Waals surface area contributed by atoms with Crippen molar-refractivity contribution in [3.05, 3.63) is 44.4 Å². The molecule has 1 unspecified atom stereocenters. The molecular weight excluding hydrogens is 463 g/mol. The molecule has 1 atom stereocenters. The van der Waals surface area contributed by atoms with E-state index in [9.17, 15) is 9.59 Å². The van der Waals surface area contributed by atoms with Crippen molar-refractivity contribution in [3.8, 4) is 0 Å². The molecule has 3 heterocycles. The highest BCUT2D eigenvalue weighted by molar-refractivity contribution is 14.1. The maximum Gasteiger partial charge on any atom is 0.282 e. The summed E-state index contributed by atoms with van der Waals surface area (Å²) in [5, 5.41) is 2.38. The molecule has 6 nitrogen and oxygen atoms in total. The van der Waals surface area contributed by atoms with Crippen molar-refractivity contribution in [2.75, 3.05) is 37.6 Å². The Balaban J connectivity index is 1.36. The van der Waals surface area contributed by atoms with E-state index in [2.05, 4.69) is 32.5 Å². The molecule has 0 saturated carbocycles. The first-order valence-corrected chi connectivity index (χ1v) is 10.6. The summed E-state index contributed by atoms with van der Waals surface area (Å²) >= 11 is 3.65. The molecule has 0 radical (unpaired) electrons. The van der Waals surface area contributed by atoms with E-state index in [1.807, 2.05) is 39.4 Å². The van der Waals surface area contributed by atoms with Crippen LogP contribution >= 0.6 is 33.9 Å². The van der Waals surface area contributed by atoms with Gasteiger partial charge < -0.3 is 9.80 Å². The van der Waals surface area contributed by atoms with Gasteiger partial charge in [-0.2, -0.15) is 0 Å². The lowest BCUT2D eigenvalue weighted by atomic mass is 10.2. The Morgan fingerprint density at radius 3 is 2.54 bits per heavy atom. The number of aromatic nitrogens is 1. The molecule has 2 aromatic rings. The molecule has 2 fully saturated rings. The third kappa shape index (κ3) is 3.63. The smallest absolute Gasteiger partial charge is 0.282 e. The summed E-state index contributed by atoms with van der Waals surface area (Å²) in [5.41, 5.74) is 0.968. The van der Waals surface area contributed by atoms with Gasteiger partial charge in [0.05, 0.1) is 0 Å². The van der Waals surface area contributed by atoms with Crippen molar-refractivity contribution in [3.63, 3.8) is 0 Å². The van der Waals surface area contributed by atoms with Crippen LogP contribution in [0.5, 0.6) is 0 Å². The van der Waals surface area contributed by atoms with Crippen LogP contribution in [-0.2, 0) is 4.79 Å². The van der Waals surface area contributed by atoms with Gasteiger partial charge in [0, 0.05) is 66.0 Å². The molecule has 2 aliphatic heterocycles. The Bertz CT molecular complexity index is 788. The molecule has 0 N–H and O–H groups in total. The van der Waals surface area contributed by atoms with Gasteiger partial charge in [-0.05, 0) is 46.9 Å². The standard InChI is InChI=1S/C18H19IN4O2S/c19-13-1-3-14(4-2-13)23-12-15(11-16(23)24)21-6-8-22(9-7-21)18(25)17-20-5-10-26-17/h1-5,10,15H,6-9,11-12H2. The zero-order valence-corrected chi connectivity index (χ0v) is 17.1. The molecule has 26 heavy (non-hydrogen) atoms. The van der Waals surface area contributed by atoms with Gasteiger partial charge in [-0.15, -0.1) is 11.3 Å². The number of hydrogen-bond donors (Lipinski definition) is 0. The van der Waals surface area contributed by atoms with Gasteiger partial charge in [0.2, 0.25) is 5.91 Å². The van der Waals surface area contributed by atoms with Gasteiger partial charge >= 0.3 is 0 Å². The lowest BCUT2D eigenvalue weighted by molar-refractivity contribution is -0.117. The fraction of sp³-hybridized carbons (Fsp3) is 0.389. The summed E-state index contributed by atoms with van der Waals surface area (Å²) in [6, 6.07) is 8.29. The number of anilines is 1. The summed E-state index contributed by atoms with van der Waals surface area (Å²) in [6.07, 6.45) is 2.21. The van der Waals surface area contributed by atoms with Crippen LogP contribution in [0, 0.1) is 3.57 Å². The van der Waals surface area contributed by atoms with Crippen molar-refractivity contribution in [2.24, 2.45) is 0 Å². The number of carbonyl (C=O) groups is 2. The summed E-state index contributed by atoms with van der Waals surface area (Å²) in [6.45, 7) is 3.70. The summed E-state index contributed by atoms with van der Waals surface area (Å²) in [4.78, 5) is 35.1. The number of benzene rings is 1. The fourth-order valence-corrected chi connectivity index (χ4v) is 4.52. The number of piperazine rings is 1. The Morgan fingerprint density at radius 1 is 1.15 bits per heavy atom. The van der Waals surface area contributed by atoms with E-state index in [4.69, 9.17) is 0 Å². The molecule has 2 saturated heterocycles. The quantitative estimate of drug-likeness (QED) is 0.631. The number of amides is 2. The Hall–Kier alpha value is -1.52. The van der Waals surface area contributed by atoms with E-state index in [1.165, 1.54) is 11.3 Å². The number of halogens is 1. The first-order valence-electron chi connectivity index (χ1n) is 8.60. The molecular formula is C18H19IN4O2S. The second kappa shape index (κ2) is 7.61. The van der Waals surface area contributed by atoms with Crippen molar-refractivity contribution in [1.29, 1.82) is 0 Å². The monoisotopic (exact) mass is 482 g/mol. The van der Waals surface area contributed by atoms with Gasteiger partial charge in [-0.25, -0.2) is 4.98 Å². The van der Waals surface area contributed by atoms with Crippen LogP contribution in [-0.4, -0.2) is 65.4 Å². The second-order valence-electron chi connectivity index (χ2n) is 6.50. The van der Waals surface area contributed by atoms with Crippen LogP contribution in [0.4, 0.5) is 5.69 Å². The fourth-order valence-electron chi connectivity index (χ4n) is 3.56. The first-order chi connectivity index (χ1) is 12.6. The Morgan fingerprint density at radius 2 is 1.88 bits per heavy atom. The van der Waals surface area contributed by atoms with E-state index in [0.29, 0.717) is 24.5 Å². The summed E-state index contributed by atoms with van der Waals surface area (Å²) < 4.78 is 1.16. The summed E-state index contributed by atoms with van der Waals surface area (Å²) in [7, 11) is 0. The Labute approximate surface area is 169 Å². The highest BCUT2D eigenvalue weighted by Crippen LogP contribution is 2.26. The molecule has 0 bridgehead atoms. The van der Waals surface area contributed by atoms with Crippen molar-refractivity contribution in [2.45, 2.75) is 12.5 Å². The number of hydrogen-bond acceptors (Lipinski definition) is 5. The lowest BCUT2D eigenvalue weighted by Crippen LogP contribution is -2.52. The predicted octanol–water partition coefficient (Wildman–Crippen LogP) is 2.31. The van der Waals surface area contributed by atoms with Crippen LogP contribution in [0.1, 0.15) is 16.2 Å². The van der Waals surface area contributed by atoms with Crippen molar-refractivity contribution >= 4 is 51.4 Å². The largest absolute Gasteiger partial charge is 0.334 e. The van der Waals surface area contributed by atoms with Crippen LogP contribution < -0.4 is 4.90 Å². The average Bonchev–Trinajstić information content (AvgIpc) is 3.32. The topological polar surface area (TPSA) is 56.8 Å². The number of nitrogens with zero attached hydrogens (tertiary/aromatic N) is 4. The number of rotatable bonds is 3. The lowest BCUT2D eigenvalue weighted by Gasteiger charge is -2.37. The third-order valence-electron chi connectivity index (χ3n) is 4.98. The molecule has 0 aliphatic carbocycles. The van der Waals surface area contributed by atoms with Crippen LogP contribution in [0.3, 0.4) is 0 Å². The normalized spacial score (nSPS) is 21.4. The Kier molecular flexibility index (Phi) is 5.23.